The maximum atomic E-state index is 11.9. The fraction of sp³-hybridized carbons (Fsp3) is 0.235. The van der Waals surface area contributed by atoms with Crippen molar-refractivity contribution in [3.8, 4) is 5.75 Å². The second-order valence-electron chi connectivity index (χ2n) is 4.89. The Morgan fingerprint density at radius 3 is 2.62 bits per heavy atom. The van der Waals surface area contributed by atoms with E-state index < -0.39 is 18.0 Å². The number of para-hydroxylation sites is 1. The highest BCUT2D eigenvalue weighted by molar-refractivity contribution is 6.30. The standard InChI is InChI=1S/C17H17ClN2O4/c1-12(17(22)20-15-8-7-13(18)11-19-15)24-16(21)9-10-23-14-5-3-2-4-6-14/h2-8,11-12H,9-10H2,1H3,(H,19,20,22)/t12-/m1/s1. The SMILES string of the molecule is C[C@@H](OC(=O)CCOc1ccccc1)C(=O)Nc1ccc(Cl)cn1. The first kappa shape index (κ1) is 17.7. The monoisotopic (exact) mass is 348 g/mol. The topological polar surface area (TPSA) is 77.5 Å². The van der Waals surface area contributed by atoms with E-state index in [9.17, 15) is 9.59 Å². The third-order valence-corrected chi connectivity index (χ3v) is 3.20. The summed E-state index contributed by atoms with van der Waals surface area (Å²) in [6.45, 7) is 1.66. The molecular weight excluding hydrogens is 332 g/mol. The average Bonchev–Trinajstić information content (AvgIpc) is 2.58. The van der Waals surface area contributed by atoms with E-state index in [0.717, 1.165) is 0 Å². The van der Waals surface area contributed by atoms with Gasteiger partial charge in [0.05, 0.1) is 18.1 Å². The highest BCUT2D eigenvalue weighted by atomic mass is 35.5. The molecule has 1 aromatic carbocycles. The summed E-state index contributed by atoms with van der Waals surface area (Å²) in [5, 5.41) is 3.00. The van der Waals surface area contributed by atoms with Crippen molar-refractivity contribution in [3.05, 3.63) is 53.7 Å². The second kappa shape index (κ2) is 8.88. The number of rotatable bonds is 7. The summed E-state index contributed by atoms with van der Waals surface area (Å²) >= 11 is 5.72. The molecule has 0 aliphatic carbocycles. The quantitative estimate of drug-likeness (QED) is 0.778. The number of hydrogen-bond donors (Lipinski definition) is 1. The lowest BCUT2D eigenvalue weighted by atomic mass is 10.3. The Kier molecular flexibility index (Phi) is 6.57. The van der Waals surface area contributed by atoms with Crippen LogP contribution >= 0.6 is 11.6 Å². The van der Waals surface area contributed by atoms with Crippen LogP contribution in [0.25, 0.3) is 0 Å². The molecule has 0 fully saturated rings. The number of ether oxygens (including phenoxy) is 2. The van der Waals surface area contributed by atoms with Crippen LogP contribution in [0.3, 0.4) is 0 Å². The predicted molar refractivity (Wildman–Crippen MR) is 90.0 cm³/mol. The highest BCUT2D eigenvalue weighted by Crippen LogP contribution is 2.11. The first-order valence-corrected chi connectivity index (χ1v) is 7.72. The molecule has 0 unspecified atom stereocenters. The fourth-order valence-corrected chi connectivity index (χ4v) is 1.87. The molecule has 2 rings (SSSR count). The molecule has 2 aromatic rings. The zero-order valence-electron chi connectivity index (χ0n) is 13.1. The van der Waals surface area contributed by atoms with Crippen molar-refractivity contribution >= 4 is 29.3 Å². The number of benzene rings is 1. The smallest absolute Gasteiger partial charge is 0.310 e. The molecule has 126 valence electrons. The second-order valence-corrected chi connectivity index (χ2v) is 5.33. The molecule has 0 aliphatic rings. The first-order chi connectivity index (χ1) is 11.5. The van der Waals surface area contributed by atoms with Crippen LogP contribution in [0.1, 0.15) is 13.3 Å². The third-order valence-electron chi connectivity index (χ3n) is 2.97. The minimum Gasteiger partial charge on any atom is -0.493 e. The van der Waals surface area contributed by atoms with Crippen molar-refractivity contribution in [2.24, 2.45) is 0 Å². The van der Waals surface area contributed by atoms with E-state index in [4.69, 9.17) is 21.1 Å². The lowest BCUT2D eigenvalue weighted by Crippen LogP contribution is -2.30. The molecule has 0 saturated heterocycles. The molecular formula is C17H17ClN2O4. The minimum atomic E-state index is -0.938. The number of nitrogens with zero attached hydrogens (tertiary/aromatic N) is 1. The summed E-state index contributed by atoms with van der Waals surface area (Å²) in [4.78, 5) is 27.6. The number of nitrogens with one attached hydrogen (secondary N) is 1. The van der Waals surface area contributed by atoms with E-state index in [2.05, 4.69) is 10.3 Å². The molecule has 1 heterocycles. The number of hydrogen-bond acceptors (Lipinski definition) is 5. The molecule has 1 atom stereocenters. The number of carbonyl (C=O) groups is 2. The van der Waals surface area contributed by atoms with Gasteiger partial charge in [0.2, 0.25) is 0 Å². The van der Waals surface area contributed by atoms with Crippen LogP contribution in [-0.2, 0) is 14.3 Å². The predicted octanol–water partition coefficient (Wildman–Crippen LogP) is 3.07. The molecule has 6 nitrogen and oxygen atoms in total. The van der Waals surface area contributed by atoms with Gasteiger partial charge >= 0.3 is 5.97 Å². The summed E-state index contributed by atoms with van der Waals surface area (Å²) in [6.07, 6.45) is 0.521. The maximum Gasteiger partial charge on any atom is 0.310 e. The number of aromatic nitrogens is 1. The summed E-state index contributed by atoms with van der Waals surface area (Å²) in [7, 11) is 0. The fourth-order valence-electron chi connectivity index (χ4n) is 1.76. The number of carbonyl (C=O) groups excluding carboxylic acids is 2. The molecule has 0 bridgehead atoms. The Morgan fingerprint density at radius 2 is 1.96 bits per heavy atom. The number of esters is 1. The van der Waals surface area contributed by atoms with Gasteiger partial charge in [0.1, 0.15) is 11.6 Å². The van der Waals surface area contributed by atoms with Crippen molar-refractivity contribution < 1.29 is 19.1 Å². The molecule has 0 spiro atoms. The summed E-state index contributed by atoms with van der Waals surface area (Å²) in [6, 6.07) is 12.3. The van der Waals surface area contributed by atoms with Gasteiger partial charge in [-0.15, -0.1) is 0 Å². The Labute approximate surface area is 144 Å². The van der Waals surface area contributed by atoms with Crippen LogP contribution in [0.15, 0.2) is 48.7 Å². The zero-order chi connectivity index (χ0) is 17.4. The Balaban J connectivity index is 1.72. The normalized spacial score (nSPS) is 11.4. The number of pyridine rings is 1. The molecule has 0 saturated carbocycles. The van der Waals surface area contributed by atoms with Gasteiger partial charge in [0.15, 0.2) is 6.10 Å². The number of halogens is 1. The Morgan fingerprint density at radius 1 is 1.21 bits per heavy atom. The van der Waals surface area contributed by atoms with E-state index >= 15 is 0 Å². The van der Waals surface area contributed by atoms with Crippen LogP contribution in [0, 0.1) is 0 Å². The van der Waals surface area contributed by atoms with Crippen LogP contribution in [0.2, 0.25) is 5.02 Å². The number of amides is 1. The van der Waals surface area contributed by atoms with Gasteiger partial charge in [0, 0.05) is 6.20 Å². The lowest BCUT2D eigenvalue weighted by Gasteiger charge is -2.13. The van der Waals surface area contributed by atoms with Crippen LogP contribution < -0.4 is 10.1 Å². The summed E-state index contributed by atoms with van der Waals surface area (Å²) < 4.78 is 10.5. The van der Waals surface area contributed by atoms with Gasteiger partial charge in [0.25, 0.3) is 5.91 Å². The molecule has 7 heteroatoms. The first-order valence-electron chi connectivity index (χ1n) is 7.34. The van der Waals surface area contributed by atoms with E-state index in [1.54, 1.807) is 24.3 Å². The van der Waals surface area contributed by atoms with Crippen LogP contribution in [0.4, 0.5) is 5.82 Å². The lowest BCUT2D eigenvalue weighted by molar-refractivity contribution is -0.153. The van der Waals surface area contributed by atoms with Gasteiger partial charge in [-0.3, -0.25) is 9.59 Å². The number of anilines is 1. The molecule has 1 amide bonds. The largest absolute Gasteiger partial charge is 0.493 e. The molecule has 1 N–H and O–H groups in total. The average molecular weight is 349 g/mol. The molecule has 0 radical (unpaired) electrons. The summed E-state index contributed by atoms with van der Waals surface area (Å²) in [5.74, 6) is 0.0180. The van der Waals surface area contributed by atoms with Gasteiger partial charge in [-0.25, -0.2) is 4.98 Å². The van der Waals surface area contributed by atoms with Gasteiger partial charge in [-0.1, -0.05) is 29.8 Å². The van der Waals surface area contributed by atoms with Gasteiger partial charge in [-0.05, 0) is 31.2 Å². The van der Waals surface area contributed by atoms with Crippen molar-refractivity contribution in [2.75, 3.05) is 11.9 Å². The van der Waals surface area contributed by atoms with Crippen molar-refractivity contribution in [2.45, 2.75) is 19.4 Å². The highest BCUT2D eigenvalue weighted by Gasteiger charge is 2.18. The Bertz CT molecular complexity index is 677. The Hall–Kier alpha value is -2.60. The van der Waals surface area contributed by atoms with Crippen molar-refractivity contribution in [1.82, 2.24) is 4.98 Å². The molecule has 1 aromatic heterocycles. The van der Waals surface area contributed by atoms with Crippen molar-refractivity contribution in [3.63, 3.8) is 0 Å². The zero-order valence-corrected chi connectivity index (χ0v) is 13.8. The third kappa shape index (κ3) is 5.89. The van der Waals surface area contributed by atoms with E-state index in [-0.39, 0.29) is 13.0 Å². The van der Waals surface area contributed by atoms with E-state index in [1.165, 1.54) is 13.1 Å². The minimum absolute atomic E-state index is 0.0473. The van der Waals surface area contributed by atoms with Crippen LogP contribution in [-0.4, -0.2) is 29.6 Å². The van der Waals surface area contributed by atoms with E-state index in [0.29, 0.717) is 16.6 Å². The summed E-state index contributed by atoms with van der Waals surface area (Å²) in [5.41, 5.74) is 0. The van der Waals surface area contributed by atoms with Crippen LogP contribution in [0.5, 0.6) is 5.75 Å². The van der Waals surface area contributed by atoms with E-state index in [1.807, 2.05) is 18.2 Å². The van der Waals surface area contributed by atoms with Crippen molar-refractivity contribution in [1.29, 1.82) is 0 Å². The maximum absolute atomic E-state index is 11.9. The van der Waals surface area contributed by atoms with Gasteiger partial charge < -0.3 is 14.8 Å². The molecule has 24 heavy (non-hydrogen) atoms. The molecule has 0 aliphatic heterocycles. The van der Waals surface area contributed by atoms with Gasteiger partial charge in [-0.2, -0.15) is 0 Å².